The molecule has 2 heterocycles. The number of pyridine rings is 1. The molecule has 1 fully saturated rings. The quantitative estimate of drug-likeness (QED) is 0.741. The standard InChI is InChI=1S/C22H21N5O3S/c1-13-17(14(2)25-21(29)18(13)10-24)7-8-20(28)27-12-31-11-19(27)22(30)26-16-5-3-15(9-23)4-6-16/h3-6,19H,7-8,11-12H2,1-2H3,(H,25,29)(H,26,30). The number of aromatic amines is 1. The lowest BCUT2D eigenvalue weighted by atomic mass is 9.99. The van der Waals surface area contributed by atoms with Crippen LogP contribution in [0.15, 0.2) is 29.1 Å². The Morgan fingerprint density at radius 1 is 1.23 bits per heavy atom. The third-order valence-electron chi connectivity index (χ3n) is 5.30. The number of thioether (sulfide) groups is 1. The van der Waals surface area contributed by atoms with E-state index in [1.807, 2.05) is 12.1 Å². The summed E-state index contributed by atoms with van der Waals surface area (Å²) in [5.74, 6) is 0.500. The summed E-state index contributed by atoms with van der Waals surface area (Å²) in [6.07, 6.45) is 0.535. The number of anilines is 1. The lowest BCUT2D eigenvalue weighted by Crippen LogP contribution is -2.44. The number of hydrogen-bond acceptors (Lipinski definition) is 6. The zero-order chi connectivity index (χ0) is 22.5. The van der Waals surface area contributed by atoms with Gasteiger partial charge in [0.1, 0.15) is 17.7 Å². The van der Waals surface area contributed by atoms with Crippen molar-refractivity contribution in [2.75, 3.05) is 16.9 Å². The van der Waals surface area contributed by atoms with Crippen LogP contribution < -0.4 is 10.9 Å². The summed E-state index contributed by atoms with van der Waals surface area (Å²) >= 11 is 1.51. The number of nitrogens with one attached hydrogen (secondary N) is 2. The molecule has 0 aliphatic carbocycles. The molecule has 3 rings (SSSR count). The second kappa shape index (κ2) is 9.50. The maximum Gasteiger partial charge on any atom is 0.266 e. The maximum atomic E-state index is 12.9. The van der Waals surface area contributed by atoms with Gasteiger partial charge in [-0.3, -0.25) is 14.4 Å². The van der Waals surface area contributed by atoms with Crippen molar-refractivity contribution in [2.45, 2.75) is 32.7 Å². The third-order valence-corrected chi connectivity index (χ3v) is 6.31. The molecule has 1 saturated heterocycles. The Morgan fingerprint density at radius 2 is 1.94 bits per heavy atom. The SMILES string of the molecule is Cc1[nH]c(=O)c(C#N)c(C)c1CCC(=O)N1CSCC1C(=O)Nc1ccc(C#N)cc1. The zero-order valence-corrected chi connectivity index (χ0v) is 18.0. The first-order chi connectivity index (χ1) is 14.8. The minimum Gasteiger partial charge on any atom is -0.325 e. The summed E-state index contributed by atoms with van der Waals surface area (Å²) in [5, 5.41) is 20.9. The largest absolute Gasteiger partial charge is 0.325 e. The number of rotatable bonds is 5. The van der Waals surface area contributed by atoms with E-state index >= 15 is 0 Å². The van der Waals surface area contributed by atoms with E-state index in [0.717, 1.165) is 5.56 Å². The Bertz CT molecular complexity index is 1160. The molecule has 0 bridgehead atoms. The number of aromatic nitrogens is 1. The van der Waals surface area contributed by atoms with Crippen molar-refractivity contribution in [1.82, 2.24) is 9.88 Å². The van der Waals surface area contributed by atoms with Crippen LogP contribution in [-0.2, 0) is 16.0 Å². The molecular formula is C22H21N5O3S. The Balaban J connectivity index is 1.67. The van der Waals surface area contributed by atoms with Crippen molar-refractivity contribution < 1.29 is 9.59 Å². The number of hydrogen-bond donors (Lipinski definition) is 2. The molecular weight excluding hydrogens is 414 g/mol. The van der Waals surface area contributed by atoms with Gasteiger partial charge >= 0.3 is 0 Å². The molecule has 158 valence electrons. The fourth-order valence-corrected chi connectivity index (χ4v) is 4.74. The minimum atomic E-state index is -0.583. The van der Waals surface area contributed by atoms with Gasteiger partial charge in [-0.1, -0.05) is 0 Å². The molecule has 0 saturated carbocycles. The molecule has 1 aromatic heterocycles. The second-order valence-electron chi connectivity index (χ2n) is 7.23. The van der Waals surface area contributed by atoms with Gasteiger partial charge in [0, 0.05) is 23.6 Å². The molecule has 1 atom stereocenters. The van der Waals surface area contributed by atoms with E-state index in [0.29, 0.717) is 40.6 Å². The average Bonchev–Trinajstić information content (AvgIpc) is 3.24. The van der Waals surface area contributed by atoms with Crippen LogP contribution in [0.4, 0.5) is 5.69 Å². The first-order valence-electron chi connectivity index (χ1n) is 9.66. The number of H-pyrrole nitrogens is 1. The van der Waals surface area contributed by atoms with E-state index in [9.17, 15) is 19.6 Å². The summed E-state index contributed by atoms with van der Waals surface area (Å²) in [5.41, 5.74) is 2.69. The highest BCUT2D eigenvalue weighted by Crippen LogP contribution is 2.24. The van der Waals surface area contributed by atoms with Crippen LogP contribution in [0.5, 0.6) is 0 Å². The fourth-order valence-electron chi connectivity index (χ4n) is 3.56. The van der Waals surface area contributed by atoms with E-state index in [2.05, 4.69) is 10.3 Å². The Hall–Kier alpha value is -3.56. The van der Waals surface area contributed by atoms with Gasteiger partial charge in [-0.15, -0.1) is 11.8 Å². The van der Waals surface area contributed by atoms with Gasteiger partial charge in [0.25, 0.3) is 5.56 Å². The summed E-state index contributed by atoms with van der Waals surface area (Å²) < 4.78 is 0. The van der Waals surface area contributed by atoms with Crippen LogP contribution >= 0.6 is 11.8 Å². The molecule has 1 aliphatic rings. The Labute approximate surface area is 183 Å². The maximum absolute atomic E-state index is 12.9. The number of benzene rings is 1. The van der Waals surface area contributed by atoms with Gasteiger partial charge in [0.15, 0.2) is 0 Å². The van der Waals surface area contributed by atoms with Crippen LogP contribution in [0, 0.1) is 36.5 Å². The lowest BCUT2D eigenvalue weighted by molar-refractivity contribution is -0.136. The molecule has 1 unspecified atom stereocenters. The van der Waals surface area contributed by atoms with Gasteiger partial charge in [-0.05, 0) is 55.7 Å². The lowest BCUT2D eigenvalue weighted by Gasteiger charge is -2.23. The number of carbonyl (C=O) groups excluding carboxylic acids is 2. The van der Waals surface area contributed by atoms with Crippen molar-refractivity contribution in [3.8, 4) is 12.1 Å². The van der Waals surface area contributed by atoms with E-state index in [4.69, 9.17) is 5.26 Å². The van der Waals surface area contributed by atoms with Gasteiger partial charge in [-0.2, -0.15) is 10.5 Å². The minimum absolute atomic E-state index is 0.0597. The molecule has 8 nitrogen and oxygen atoms in total. The van der Waals surface area contributed by atoms with E-state index < -0.39 is 11.6 Å². The zero-order valence-electron chi connectivity index (χ0n) is 17.2. The van der Waals surface area contributed by atoms with E-state index in [-0.39, 0.29) is 23.8 Å². The van der Waals surface area contributed by atoms with Gasteiger partial charge in [0.2, 0.25) is 11.8 Å². The fraction of sp³-hybridized carbons (Fsp3) is 0.318. The average molecular weight is 436 g/mol. The monoisotopic (exact) mass is 435 g/mol. The summed E-state index contributed by atoms with van der Waals surface area (Å²) in [6.45, 7) is 3.45. The van der Waals surface area contributed by atoms with Crippen LogP contribution in [-0.4, -0.2) is 39.4 Å². The normalized spacial score (nSPS) is 15.2. The summed E-state index contributed by atoms with van der Waals surface area (Å²) in [6, 6.07) is 9.89. The molecule has 31 heavy (non-hydrogen) atoms. The molecule has 1 aromatic carbocycles. The van der Waals surface area contributed by atoms with Crippen molar-refractivity contribution in [3.05, 3.63) is 62.6 Å². The molecule has 1 aliphatic heterocycles. The van der Waals surface area contributed by atoms with Gasteiger partial charge in [0.05, 0.1) is 17.5 Å². The number of carbonyl (C=O) groups is 2. The van der Waals surface area contributed by atoms with E-state index in [1.54, 1.807) is 43.0 Å². The van der Waals surface area contributed by atoms with Gasteiger partial charge in [-0.25, -0.2) is 0 Å². The number of aryl methyl sites for hydroxylation is 1. The topological polar surface area (TPSA) is 130 Å². The molecule has 2 N–H and O–H groups in total. The molecule has 0 spiro atoms. The first-order valence-corrected chi connectivity index (χ1v) is 10.8. The molecule has 2 aromatic rings. The highest BCUT2D eigenvalue weighted by molar-refractivity contribution is 7.99. The third kappa shape index (κ3) is 4.79. The number of nitriles is 2. The Kier molecular flexibility index (Phi) is 6.78. The predicted molar refractivity (Wildman–Crippen MR) is 117 cm³/mol. The molecule has 0 radical (unpaired) electrons. The van der Waals surface area contributed by atoms with Crippen molar-refractivity contribution in [3.63, 3.8) is 0 Å². The van der Waals surface area contributed by atoms with Crippen LogP contribution in [0.25, 0.3) is 0 Å². The number of nitrogens with zero attached hydrogens (tertiary/aromatic N) is 3. The smallest absolute Gasteiger partial charge is 0.266 e. The summed E-state index contributed by atoms with van der Waals surface area (Å²) in [7, 11) is 0. The van der Waals surface area contributed by atoms with Crippen LogP contribution in [0.1, 0.15) is 34.4 Å². The second-order valence-corrected chi connectivity index (χ2v) is 8.23. The van der Waals surface area contributed by atoms with Crippen LogP contribution in [0.3, 0.4) is 0 Å². The van der Waals surface area contributed by atoms with Gasteiger partial charge < -0.3 is 15.2 Å². The first kappa shape index (κ1) is 22.1. The van der Waals surface area contributed by atoms with Crippen molar-refractivity contribution in [1.29, 1.82) is 10.5 Å². The Morgan fingerprint density at radius 3 is 2.58 bits per heavy atom. The number of amides is 2. The highest BCUT2D eigenvalue weighted by atomic mass is 32.2. The van der Waals surface area contributed by atoms with Crippen molar-refractivity contribution >= 4 is 29.3 Å². The van der Waals surface area contributed by atoms with Crippen molar-refractivity contribution in [2.24, 2.45) is 0 Å². The molecule has 2 amide bonds. The van der Waals surface area contributed by atoms with Crippen LogP contribution in [0.2, 0.25) is 0 Å². The molecule has 9 heteroatoms. The predicted octanol–water partition coefficient (Wildman–Crippen LogP) is 2.21. The summed E-state index contributed by atoms with van der Waals surface area (Å²) in [4.78, 5) is 41.7. The van der Waals surface area contributed by atoms with E-state index in [1.165, 1.54) is 11.8 Å². The highest BCUT2D eigenvalue weighted by Gasteiger charge is 2.34.